The Labute approximate surface area is 866 Å². The second-order valence-electron chi connectivity index (χ2n) is 36.9. The fourth-order valence-electron chi connectivity index (χ4n) is 21.7. The minimum absolute atomic E-state index is 0.494. The highest BCUT2D eigenvalue weighted by molar-refractivity contribution is 5.98. The smallest absolute Gasteiger partial charge is 0.187 e. The molecule has 3 aliphatic rings. The van der Waals surface area contributed by atoms with Crippen LogP contribution in [0.4, 0.5) is 5.69 Å². The molecule has 0 spiro atoms. The van der Waals surface area contributed by atoms with Gasteiger partial charge in [0, 0.05) is 77.9 Å². The number of rotatable bonds is 15. The summed E-state index contributed by atoms with van der Waals surface area (Å²) in [6.45, 7) is 7.42. The van der Waals surface area contributed by atoms with E-state index in [1.807, 2.05) is 158 Å². The summed E-state index contributed by atoms with van der Waals surface area (Å²) in [6, 6.07) is 177. The quantitative estimate of drug-likeness (QED) is 0.0879. The van der Waals surface area contributed by atoms with Gasteiger partial charge in [-0.3, -0.25) is 0 Å². The molecule has 21 aromatic carbocycles. The molecule has 0 saturated carbocycles. The number of para-hydroxylation sites is 4. The van der Waals surface area contributed by atoms with Gasteiger partial charge in [-0.2, -0.15) is 10.5 Å². The molecular weight excluding hydrogens is 1840 g/mol. The van der Waals surface area contributed by atoms with Crippen molar-refractivity contribution in [1.29, 1.82) is 10.5 Å². The first-order valence-corrected chi connectivity index (χ1v) is 49.5. The SMILES string of the molecule is N#Cc1ccc(-c2nc(-c3ccc4c(c3)C(c3ccccc3)(c3ccccc3)c3ccccc3O4)nc(-c3cccc4ccccc34)n2)cc1.N#Cc1ccc(-c2nc(-c3cccc4c3Oc3ccccc3C4(c3ccccc3)c3ccccc3)nc(-c3cccc4ccccc34)n2)cc1.[C-]#[N+]c1ccc(-c2nc(-c3ccc4c(c3)Oc3ccccc3C4(c3ccccc3)c3ccccc3)nc(-c3cccc4ccccc34)n2)cc1. The molecule has 15 heteroatoms. The third-order valence-corrected chi connectivity index (χ3v) is 28.5. The van der Waals surface area contributed by atoms with E-state index < -0.39 is 16.2 Å². The molecule has 0 saturated heterocycles. The van der Waals surface area contributed by atoms with Gasteiger partial charge in [0.25, 0.3) is 0 Å². The van der Waals surface area contributed by atoms with Gasteiger partial charge in [0.05, 0.1) is 51.6 Å². The van der Waals surface area contributed by atoms with Crippen LogP contribution in [0.15, 0.2) is 510 Å². The van der Waals surface area contributed by atoms with Gasteiger partial charge in [0.15, 0.2) is 58.1 Å². The first-order valence-electron chi connectivity index (χ1n) is 49.5. The molecule has 24 aromatic rings. The van der Waals surface area contributed by atoms with Crippen LogP contribution in [0.25, 0.3) is 140 Å². The van der Waals surface area contributed by atoms with Crippen molar-refractivity contribution < 1.29 is 14.2 Å². The number of benzene rings is 21. The van der Waals surface area contributed by atoms with E-state index in [1.165, 1.54) is 0 Å². The van der Waals surface area contributed by atoms with Crippen LogP contribution in [0.5, 0.6) is 34.5 Å². The third-order valence-electron chi connectivity index (χ3n) is 28.5. The van der Waals surface area contributed by atoms with Crippen molar-refractivity contribution in [3.63, 3.8) is 0 Å². The van der Waals surface area contributed by atoms with Crippen LogP contribution in [0.3, 0.4) is 0 Å². The lowest BCUT2D eigenvalue weighted by Gasteiger charge is -2.42. The lowest BCUT2D eigenvalue weighted by atomic mass is 9.63. The fourth-order valence-corrected chi connectivity index (χ4v) is 21.7. The summed E-state index contributed by atoms with van der Waals surface area (Å²) in [5.41, 5.74) is 20.3. The Morgan fingerprint density at radius 1 is 0.200 bits per heavy atom. The van der Waals surface area contributed by atoms with Crippen LogP contribution in [0.1, 0.15) is 77.9 Å². The van der Waals surface area contributed by atoms with Crippen molar-refractivity contribution in [2.24, 2.45) is 0 Å². The van der Waals surface area contributed by atoms with E-state index in [-0.39, 0.29) is 0 Å². The molecule has 3 aliphatic heterocycles. The van der Waals surface area contributed by atoms with Crippen molar-refractivity contribution in [2.45, 2.75) is 16.2 Å². The zero-order valence-corrected chi connectivity index (χ0v) is 80.6. The predicted octanol–water partition coefficient (Wildman–Crippen LogP) is 31.8. The highest BCUT2D eigenvalue weighted by atomic mass is 16.5. The molecule has 0 N–H and O–H groups in total. The van der Waals surface area contributed by atoms with Crippen molar-refractivity contribution >= 4 is 38.0 Å². The molecular formula is C135H84N12O3. The third kappa shape index (κ3) is 16.1. The minimum Gasteiger partial charge on any atom is -0.457 e. The average Bonchev–Trinajstić information content (AvgIpc) is 0.702. The van der Waals surface area contributed by atoms with E-state index in [1.54, 1.807) is 36.4 Å². The van der Waals surface area contributed by atoms with Crippen LogP contribution in [-0.4, -0.2) is 44.9 Å². The van der Waals surface area contributed by atoms with E-state index in [9.17, 15) is 10.5 Å². The lowest BCUT2D eigenvalue weighted by molar-refractivity contribution is 0.434. The zero-order valence-electron chi connectivity index (χ0n) is 80.6. The minimum atomic E-state index is -0.676. The van der Waals surface area contributed by atoms with Gasteiger partial charge in [-0.05, 0) is 163 Å². The maximum absolute atomic E-state index is 9.47. The first-order chi connectivity index (χ1) is 74.2. The van der Waals surface area contributed by atoms with Crippen LogP contribution in [-0.2, 0) is 16.2 Å². The molecule has 0 fully saturated rings. The van der Waals surface area contributed by atoms with Crippen molar-refractivity contribution in [2.75, 3.05) is 0 Å². The Morgan fingerprint density at radius 3 is 0.853 bits per heavy atom. The Bertz CT molecular complexity index is 9230. The maximum Gasteiger partial charge on any atom is 0.187 e. The Morgan fingerprint density at radius 2 is 0.460 bits per heavy atom. The van der Waals surface area contributed by atoms with Crippen molar-refractivity contribution in [1.82, 2.24) is 44.9 Å². The van der Waals surface area contributed by atoms with E-state index in [4.69, 9.17) is 65.6 Å². The maximum atomic E-state index is 9.47. The first kappa shape index (κ1) is 90.6. The largest absolute Gasteiger partial charge is 0.457 e. The van der Waals surface area contributed by atoms with Crippen LogP contribution >= 0.6 is 0 Å². The number of nitriles is 2. The van der Waals surface area contributed by atoms with Crippen molar-refractivity contribution in [3.05, 3.63) is 599 Å². The molecule has 150 heavy (non-hydrogen) atoms. The number of ether oxygens (including phenoxy) is 3. The van der Waals surface area contributed by atoms with Crippen LogP contribution in [0.2, 0.25) is 0 Å². The van der Waals surface area contributed by atoms with Gasteiger partial charge in [-0.15, -0.1) is 0 Å². The molecule has 0 atom stereocenters. The average molecular weight is 1920 g/mol. The summed E-state index contributed by atoms with van der Waals surface area (Å²) in [4.78, 5) is 49.3. The topological polar surface area (TPSA) is 196 Å². The Balaban J connectivity index is 0.000000116. The Kier molecular flexibility index (Phi) is 23.5. The van der Waals surface area contributed by atoms with Gasteiger partial charge >= 0.3 is 0 Å². The summed E-state index contributed by atoms with van der Waals surface area (Å²) >= 11 is 0. The molecule has 3 aromatic heterocycles. The molecule has 0 unspecified atom stereocenters. The zero-order chi connectivity index (χ0) is 100. The summed E-state index contributed by atoms with van der Waals surface area (Å²) in [7, 11) is 0. The molecule has 0 radical (unpaired) electrons. The normalized spacial score (nSPS) is 12.7. The lowest BCUT2D eigenvalue weighted by Crippen LogP contribution is -2.34. The second kappa shape index (κ2) is 38.9. The summed E-state index contributed by atoms with van der Waals surface area (Å²) in [6.07, 6.45) is 0. The number of nitrogens with zero attached hydrogens (tertiary/aromatic N) is 12. The number of hydrogen-bond donors (Lipinski definition) is 0. The molecule has 0 amide bonds. The van der Waals surface area contributed by atoms with E-state index >= 15 is 0 Å². The predicted molar refractivity (Wildman–Crippen MR) is 592 cm³/mol. The molecule has 702 valence electrons. The van der Waals surface area contributed by atoms with Crippen LogP contribution < -0.4 is 14.2 Å². The highest BCUT2D eigenvalue weighted by Gasteiger charge is 2.50. The molecule has 15 nitrogen and oxygen atoms in total. The van der Waals surface area contributed by atoms with Crippen molar-refractivity contribution in [3.8, 4) is 149 Å². The van der Waals surface area contributed by atoms with Gasteiger partial charge < -0.3 is 14.2 Å². The van der Waals surface area contributed by atoms with Gasteiger partial charge in [-0.25, -0.2) is 49.7 Å². The molecule has 0 bridgehead atoms. The number of fused-ring (bicyclic) bond motifs is 9. The van der Waals surface area contributed by atoms with E-state index in [2.05, 4.69) is 332 Å². The van der Waals surface area contributed by atoms with Gasteiger partial charge in [0.2, 0.25) is 0 Å². The fraction of sp³-hybridized carbons (Fsp3) is 0.0222. The second-order valence-corrected chi connectivity index (χ2v) is 36.9. The molecule has 6 heterocycles. The number of aromatic nitrogens is 9. The van der Waals surface area contributed by atoms with Gasteiger partial charge in [-0.1, -0.05) is 413 Å². The van der Waals surface area contributed by atoms with E-state index in [0.717, 1.165) is 178 Å². The summed E-state index contributed by atoms with van der Waals surface area (Å²) in [5.74, 6) is 9.43. The standard InChI is InChI=1S/3C45H28N4O/c1-46-35-26-23-31(24-27-35)42-47-43(49-44(48-42)37-20-12-14-30-13-8-9-19-36(30)37)32-25-28-39-41(29-32)50-40-22-11-10-21-38(40)45(39,33-15-4-2-5-16-33)34-17-6-3-7-18-34;46-29-30-25-27-32(28-26-30)42-47-43(36-20-11-14-31-13-7-8-19-35(31)36)49-44(48-42)37-21-12-23-39-41(37)50-40-24-10-9-22-38(40)45(39,33-15-3-1-4-16-33)34-17-5-2-6-18-34;46-29-30-22-24-32(25-23-30)42-47-43(49-44(48-42)37-19-11-13-31-12-7-8-18-36(31)37)33-26-27-41-39(28-33)45(34-14-3-1-4-15-34,35-16-5-2-6-17-35)38-20-9-10-21-40(38)50-41/h2-29H;2*1-28H. The molecule has 0 aliphatic carbocycles. The number of hydrogen-bond acceptors (Lipinski definition) is 14. The summed E-state index contributed by atoms with van der Waals surface area (Å²) < 4.78 is 20.3. The Hall–Kier alpha value is -20.7. The van der Waals surface area contributed by atoms with E-state index in [0.29, 0.717) is 75.0 Å². The van der Waals surface area contributed by atoms with Gasteiger partial charge in [0.1, 0.15) is 34.5 Å². The monoisotopic (exact) mass is 1920 g/mol. The van der Waals surface area contributed by atoms with Crippen LogP contribution in [0, 0.1) is 29.2 Å². The highest BCUT2D eigenvalue weighted by Crippen LogP contribution is 2.61. The summed E-state index contributed by atoms with van der Waals surface area (Å²) in [5, 5.41) is 25.4. The molecule has 27 rings (SSSR count).